The molecule has 4 nitrogen and oxygen atoms in total. The van der Waals surface area contributed by atoms with E-state index in [9.17, 15) is 17.6 Å². The summed E-state index contributed by atoms with van der Waals surface area (Å²) in [5.41, 5.74) is 0.117. The predicted octanol–water partition coefficient (Wildman–Crippen LogP) is 3.59. The zero-order chi connectivity index (χ0) is 18.0. The number of anilines is 2. The van der Waals surface area contributed by atoms with Crippen LogP contribution < -0.4 is 15.0 Å². The number of rotatable bonds is 5. The Labute approximate surface area is 142 Å². The number of nitrogens with one attached hydrogen (secondary N) is 1. The van der Waals surface area contributed by atoms with Crippen molar-refractivity contribution in [3.63, 3.8) is 0 Å². The lowest BCUT2D eigenvalue weighted by atomic mass is 10.1. The largest absolute Gasteiger partial charge is 0.495 e. The minimum Gasteiger partial charge on any atom is -0.495 e. The van der Waals surface area contributed by atoms with Crippen LogP contribution in [0.2, 0.25) is 0 Å². The van der Waals surface area contributed by atoms with Gasteiger partial charge in [0.05, 0.1) is 12.8 Å². The summed E-state index contributed by atoms with van der Waals surface area (Å²) in [6.07, 6.45) is 0.768. The number of halogens is 4. The monoisotopic (exact) mass is 355 g/mol. The van der Waals surface area contributed by atoms with Gasteiger partial charge in [-0.3, -0.25) is 0 Å². The van der Waals surface area contributed by atoms with Gasteiger partial charge in [-0.2, -0.15) is 22.5 Å². The highest BCUT2D eigenvalue weighted by atomic mass is 19.2. The molecule has 1 N–H and O–H groups in total. The summed E-state index contributed by atoms with van der Waals surface area (Å²) < 4.78 is 58.8. The Hall–Kier alpha value is -2.51. The van der Waals surface area contributed by atoms with Gasteiger partial charge in [-0.15, -0.1) is 0 Å². The molecule has 1 aromatic carbocycles. The van der Waals surface area contributed by atoms with Crippen LogP contribution in [0.3, 0.4) is 0 Å². The van der Waals surface area contributed by atoms with E-state index in [1.54, 1.807) is 7.11 Å². The van der Waals surface area contributed by atoms with Gasteiger partial charge in [-0.25, -0.2) is 0 Å². The van der Waals surface area contributed by atoms with E-state index in [1.165, 1.54) is 0 Å². The maximum absolute atomic E-state index is 13.6. The van der Waals surface area contributed by atoms with E-state index in [-0.39, 0.29) is 12.5 Å². The lowest BCUT2D eigenvalue weighted by molar-refractivity contribution is 0.410. The molecule has 2 aromatic rings. The second-order valence-electron chi connectivity index (χ2n) is 5.85. The SMILES string of the molecule is COc1ccccc1N1CCC(CNc2c(F)c(F)nc(F)c2F)C1. The van der Waals surface area contributed by atoms with Crippen LogP contribution in [0.5, 0.6) is 5.75 Å². The Morgan fingerprint density at radius 3 is 2.52 bits per heavy atom. The Balaban J connectivity index is 1.67. The summed E-state index contributed by atoms with van der Waals surface area (Å²) in [5.74, 6) is -5.56. The topological polar surface area (TPSA) is 37.4 Å². The highest BCUT2D eigenvalue weighted by molar-refractivity contribution is 5.59. The van der Waals surface area contributed by atoms with Crippen molar-refractivity contribution in [2.24, 2.45) is 5.92 Å². The van der Waals surface area contributed by atoms with E-state index in [0.29, 0.717) is 6.54 Å². The number of ether oxygens (including phenoxy) is 1. The van der Waals surface area contributed by atoms with Gasteiger partial charge in [0, 0.05) is 19.6 Å². The van der Waals surface area contributed by atoms with Crippen LogP contribution in [0.4, 0.5) is 28.9 Å². The lowest BCUT2D eigenvalue weighted by Crippen LogP contribution is -2.23. The molecule has 0 aliphatic carbocycles. The average Bonchev–Trinajstić information content (AvgIpc) is 3.09. The van der Waals surface area contributed by atoms with E-state index in [1.807, 2.05) is 24.3 Å². The molecule has 134 valence electrons. The molecule has 0 spiro atoms. The van der Waals surface area contributed by atoms with E-state index < -0.39 is 29.2 Å². The molecule has 1 aliphatic heterocycles. The summed E-state index contributed by atoms with van der Waals surface area (Å²) in [5, 5.41) is 2.48. The molecule has 8 heteroatoms. The van der Waals surface area contributed by atoms with Crippen molar-refractivity contribution in [3.05, 3.63) is 47.8 Å². The fraction of sp³-hybridized carbons (Fsp3) is 0.353. The number of para-hydroxylation sites is 2. The Morgan fingerprint density at radius 1 is 1.16 bits per heavy atom. The van der Waals surface area contributed by atoms with Gasteiger partial charge in [0.2, 0.25) is 11.6 Å². The number of aromatic nitrogens is 1. The Morgan fingerprint density at radius 2 is 1.84 bits per heavy atom. The molecule has 1 aliphatic rings. The van der Waals surface area contributed by atoms with Crippen LogP contribution in [-0.2, 0) is 0 Å². The smallest absolute Gasteiger partial charge is 0.253 e. The molecule has 0 radical (unpaired) electrons. The highest BCUT2D eigenvalue weighted by Crippen LogP contribution is 2.32. The summed E-state index contributed by atoms with van der Waals surface area (Å²) >= 11 is 0. The third-order valence-electron chi connectivity index (χ3n) is 4.28. The maximum atomic E-state index is 13.6. The van der Waals surface area contributed by atoms with Gasteiger partial charge in [0.15, 0.2) is 0 Å². The molecule has 1 aromatic heterocycles. The zero-order valence-electron chi connectivity index (χ0n) is 13.5. The van der Waals surface area contributed by atoms with E-state index >= 15 is 0 Å². The molecule has 0 bridgehead atoms. The lowest BCUT2D eigenvalue weighted by Gasteiger charge is -2.21. The van der Waals surface area contributed by atoms with Crippen molar-refractivity contribution in [3.8, 4) is 5.75 Å². The van der Waals surface area contributed by atoms with Crippen LogP contribution in [0.15, 0.2) is 24.3 Å². The first-order valence-electron chi connectivity index (χ1n) is 7.83. The molecule has 3 rings (SSSR count). The van der Waals surface area contributed by atoms with Crippen molar-refractivity contribution >= 4 is 11.4 Å². The van der Waals surface area contributed by atoms with Crippen molar-refractivity contribution in [2.45, 2.75) is 6.42 Å². The molecule has 1 saturated heterocycles. The molecule has 2 heterocycles. The van der Waals surface area contributed by atoms with E-state index in [4.69, 9.17) is 4.74 Å². The van der Waals surface area contributed by atoms with Crippen molar-refractivity contribution in [1.29, 1.82) is 0 Å². The fourth-order valence-electron chi connectivity index (χ4n) is 3.00. The van der Waals surface area contributed by atoms with Gasteiger partial charge in [0.25, 0.3) is 11.9 Å². The maximum Gasteiger partial charge on any atom is 0.253 e. The number of nitrogens with zero attached hydrogens (tertiary/aromatic N) is 2. The van der Waals surface area contributed by atoms with Crippen molar-refractivity contribution in [2.75, 3.05) is 37.0 Å². The summed E-state index contributed by atoms with van der Waals surface area (Å²) in [7, 11) is 1.59. The predicted molar refractivity (Wildman–Crippen MR) is 85.9 cm³/mol. The number of hydrogen-bond acceptors (Lipinski definition) is 4. The normalized spacial score (nSPS) is 17.0. The second-order valence-corrected chi connectivity index (χ2v) is 5.85. The van der Waals surface area contributed by atoms with Crippen molar-refractivity contribution in [1.82, 2.24) is 4.98 Å². The molecule has 1 fully saturated rings. The van der Waals surface area contributed by atoms with Gasteiger partial charge in [0.1, 0.15) is 11.4 Å². The molecule has 0 amide bonds. The molecular formula is C17H17F4N3O. The van der Waals surface area contributed by atoms with E-state index in [0.717, 1.165) is 24.4 Å². The number of methoxy groups -OCH3 is 1. The average molecular weight is 355 g/mol. The quantitative estimate of drug-likeness (QED) is 0.657. The van der Waals surface area contributed by atoms with Crippen LogP contribution in [0, 0.1) is 29.4 Å². The van der Waals surface area contributed by atoms with Crippen LogP contribution in [0.25, 0.3) is 0 Å². The third-order valence-corrected chi connectivity index (χ3v) is 4.28. The first kappa shape index (κ1) is 17.3. The molecule has 25 heavy (non-hydrogen) atoms. The third kappa shape index (κ3) is 3.47. The molecular weight excluding hydrogens is 338 g/mol. The van der Waals surface area contributed by atoms with Gasteiger partial charge >= 0.3 is 0 Å². The minimum atomic E-state index is -1.66. The summed E-state index contributed by atoms with van der Waals surface area (Å²) in [6, 6.07) is 7.56. The van der Waals surface area contributed by atoms with Gasteiger partial charge < -0.3 is 15.0 Å². The molecule has 1 unspecified atom stereocenters. The summed E-state index contributed by atoms with van der Waals surface area (Å²) in [6.45, 7) is 1.56. The van der Waals surface area contributed by atoms with E-state index in [2.05, 4.69) is 15.2 Å². The van der Waals surface area contributed by atoms with Crippen molar-refractivity contribution < 1.29 is 22.3 Å². The Kier molecular flexibility index (Phi) is 4.96. The highest BCUT2D eigenvalue weighted by Gasteiger charge is 2.26. The fourth-order valence-corrected chi connectivity index (χ4v) is 3.00. The number of hydrogen-bond donors (Lipinski definition) is 1. The van der Waals surface area contributed by atoms with Crippen LogP contribution >= 0.6 is 0 Å². The number of benzene rings is 1. The standard InChI is InChI=1S/C17H17F4N3O/c1-25-12-5-3-2-4-11(12)24-7-6-10(9-24)8-22-15-13(18)16(20)23-17(21)14(15)19/h2-5,10H,6-9H2,1H3,(H,22,23). The molecule has 1 atom stereocenters. The van der Waals surface area contributed by atoms with Gasteiger partial charge in [-0.1, -0.05) is 12.1 Å². The number of pyridine rings is 1. The Bertz CT molecular complexity index is 746. The van der Waals surface area contributed by atoms with Gasteiger partial charge in [-0.05, 0) is 24.5 Å². The summed E-state index contributed by atoms with van der Waals surface area (Å²) in [4.78, 5) is 4.64. The van der Waals surface area contributed by atoms with Crippen LogP contribution in [0.1, 0.15) is 6.42 Å². The first-order valence-corrected chi connectivity index (χ1v) is 7.83. The zero-order valence-corrected chi connectivity index (χ0v) is 13.5. The second kappa shape index (κ2) is 7.16. The minimum absolute atomic E-state index is 0.0583. The van der Waals surface area contributed by atoms with Crippen LogP contribution in [-0.4, -0.2) is 31.7 Å². The first-order chi connectivity index (χ1) is 12.0. The molecule has 0 saturated carbocycles.